The maximum atomic E-state index is 11.8. The molecule has 0 aliphatic carbocycles. The van der Waals surface area contributed by atoms with Crippen LogP contribution in [-0.2, 0) is 0 Å². The van der Waals surface area contributed by atoms with Gasteiger partial charge in [0.25, 0.3) is 0 Å². The zero-order chi connectivity index (χ0) is 13.2. The Morgan fingerprint density at radius 1 is 1.28 bits per heavy atom. The largest absolute Gasteiger partial charge is 0.361 e. The summed E-state index contributed by atoms with van der Waals surface area (Å²) in [5.74, 6) is 0. The van der Waals surface area contributed by atoms with Crippen molar-refractivity contribution < 1.29 is 4.79 Å². The van der Waals surface area contributed by atoms with E-state index in [-0.39, 0.29) is 11.4 Å². The number of anilines is 1. The molecule has 3 N–H and O–H groups in total. The van der Waals surface area contributed by atoms with E-state index in [9.17, 15) is 4.79 Å². The van der Waals surface area contributed by atoms with Gasteiger partial charge in [0.1, 0.15) is 0 Å². The van der Waals surface area contributed by atoms with Gasteiger partial charge in [-0.2, -0.15) is 0 Å². The number of aromatic amines is 1. The van der Waals surface area contributed by atoms with Crippen molar-refractivity contribution in [2.45, 2.75) is 20.8 Å². The first kappa shape index (κ1) is 12.5. The van der Waals surface area contributed by atoms with E-state index in [2.05, 4.69) is 36.4 Å². The average molecular weight is 245 g/mol. The lowest BCUT2D eigenvalue weighted by Gasteiger charge is -2.19. The third-order valence-electron chi connectivity index (χ3n) is 2.62. The number of hydrogen-bond acceptors (Lipinski definition) is 1. The molecule has 18 heavy (non-hydrogen) atoms. The minimum Gasteiger partial charge on any atom is -0.361 e. The van der Waals surface area contributed by atoms with Crippen molar-refractivity contribution in [1.82, 2.24) is 10.3 Å². The molecule has 0 saturated heterocycles. The Bertz CT molecular complexity index is 551. The Morgan fingerprint density at radius 3 is 2.78 bits per heavy atom. The van der Waals surface area contributed by atoms with Crippen LogP contribution in [0.5, 0.6) is 0 Å². The third kappa shape index (κ3) is 3.03. The minimum absolute atomic E-state index is 0.0808. The fourth-order valence-corrected chi connectivity index (χ4v) is 1.71. The van der Waals surface area contributed by atoms with Crippen molar-refractivity contribution in [3.05, 3.63) is 30.5 Å². The summed E-state index contributed by atoms with van der Waals surface area (Å²) in [6.07, 6.45) is 1.86. The number of hydrogen-bond donors (Lipinski definition) is 3. The Hall–Kier alpha value is -1.97. The van der Waals surface area contributed by atoms with E-state index < -0.39 is 0 Å². The summed E-state index contributed by atoms with van der Waals surface area (Å²) in [5, 5.41) is 6.76. The quantitative estimate of drug-likeness (QED) is 0.746. The van der Waals surface area contributed by atoms with Gasteiger partial charge in [-0.15, -0.1) is 0 Å². The molecule has 0 aliphatic rings. The van der Waals surface area contributed by atoms with Crippen LogP contribution in [-0.4, -0.2) is 17.6 Å². The highest BCUT2D eigenvalue weighted by Crippen LogP contribution is 2.22. The molecule has 0 atom stereocenters. The number of H-pyrrole nitrogens is 1. The number of aromatic nitrogens is 1. The molecule has 0 spiro atoms. The van der Waals surface area contributed by atoms with Crippen LogP contribution in [0.25, 0.3) is 10.9 Å². The molecule has 2 aromatic rings. The van der Waals surface area contributed by atoms with Gasteiger partial charge >= 0.3 is 6.03 Å². The SMILES string of the molecule is CC(C)(C)CNC(=O)Nc1cccc2[nH]ccc12. The zero-order valence-electron chi connectivity index (χ0n) is 11.0. The molecule has 0 unspecified atom stereocenters. The summed E-state index contributed by atoms with van der Waals surface area (Å²) in [6, 6.07) is 7.58. The van der Waals surface area contributed by atoms with Crippen LogP contribution >= 0.6 is 0 Å². The van der Waals surface area contributed by atoms with Gasteiger partial charge in [-0.25, -0.2) is 4.79 Å². The van der Waals surface area contributed by atoms with Crippen molar-refractivity contribution in [1.29, 1.82) is 0 Å². The summed E-state index contributed by atoms with van der Waals surface area (Å²) in [7, 11) is 0. The van der Waals surface area contributed by atoms with E-state index in [1.165, 1.54) is 0 Å². The molecule has 0 saturated carbocycles. The van der Waals surface area contributed by atoms with Crippen LogP contribution in [0.1, 0.15) is 20.8 Å². The van der Waals surface area contributed by atoms with Crippen LogP contribution in [0.4, 0.5) is 10.5 Å². The number of amides is 2. The first-order chi connectivity index (χ1) is 8.46. The van der Waals surface area contributed by atoms with Crippen LogP contribution in [0.2, 0.25) is 0 Å². The predicted molar refractivity (Wildman–Crippen MR) is 74.8 cm³/mol. The topological polar surface area (TPSA) is 56.9 Å². The monoisotopic (exact) mass is 245 g/mol. The molecule has 4 heteroatoms. The molecule has 4 nitrogen and oxygen atoms in total. The molecule has 2 rings (SSSR count). The summed E-state index contributed by atoms with van der Waals surface area (Å²) in [6.45, 7) is 6.89. The van der Waals surface area contributed by atoms with Crippen LogP contribution in [0, 0.1) is 5.41 Å². The molecule has 1 aromatic heterocycles. The van der Waals surface area contributed by atoms with Crippen molar-refractivity contribution in [2.75, 3.05) is 11.9 Å². The van der Waals surface area contributed by atoms with Crippen molar-refractivity contribution in [3.8, 4) is 0 Å². The molecule has 0 bridgehead atoms. The maximum Gasteiger partial charge on any atom is 0.319 e. The summed E-state index contributed by atoms with van der Waals surface area (Å²) < 4.78 is 0. The van der Waals surface area contributed by atoms with Crippen molar-refractivity contribution >= 4 is 22.6 Å². The van der Waals surface area contributed by atoms with Crippen molar-refractivity contribution in [2.24, 2.45) is 5.41 Å². The summed E-state index contributed by atoms with van der Waals surface area (Å²) >= 11 is 0. The fraction of sp³-hybridized carbons (Fsp3) is 0.357. The lowest BCUT2D eigenvalue weighted by Crippen LogP contribution is -2.35. The van der Waals surface area contributed by atoms with Gasteiger partial charge in [0.15, 0.2) is 0 Å². The predicted octanol–water partition coefficient (Wildman–Crippen LogP) is 3.34. The van der Waals surface area contributed by atoms with Gasteiger partial charge < -0.3 is 15.6 Å². The smallest absolute Gasteiger partial charge is 0.319 e. The summed E-state index contributed by atoms with van der Waals surface area (Å²) in [4.78, 5) is 14.9. The second-order valence-electron chi connectivity index (χ2n) is 5.61. The van der Waals surface area contributed by atoms with E-state index >= 15 is 0 Å². The number of rotatable bonds is 2. The van der Waals surface area contributed by atoms with Crippen LogP contribution < -0.4 is 10.6 Å². The van der Waals surface area contributed by atoms with Gasteiger partial charge in [0.05, 0.1) is 5.69 Å². The highest BCUT2D eigenvalue weighted by molar-refractivity contribution is 6.00. The minimum atomic E-state index is -0.168. The molecule has 0 radical (unpaired) electrons. The highest BCUT2D eigenvalue weighted by Gasteiger charge is 2.12. The molecule has 1 heterocycles. The first-order valence-corrected chi connectivity index (χ1v) is 6.07. The molecule has 1 aromatic carbocycles. The molecule has 0 fully saturated rings. The van der Waals surface area contributed by atoms with Crippen LogP contribution in [0.15, 0.2) is 30.5 Å². The van der Waals surface area contributed by atoms with Gasteiger partial charge in [-0.3, -0.25) is 0 Å². The molecular weight excluding hydrogens is 226 g/mol. The van der Waals surface area contributed by atoms with E-state index in [1.54, 1.807) is 0 Å². The van der Waals surface area contributed by atoms with E-state index in [4.69, 9.17) is 0 Å². The first-order valence-electron chi connectivity index (χ1n) is 6.07. The van der Waals surface area contributed by atoms with E-state index in [0.717, 1.165) is 16.6 Å². The molecule has 0 aliphatic heterocycles. The molecular formula is C14H19N3O. The van der Waals surface area contributed by atoms with Crippen LogP contribution in [0.3, 0.4) is 0 Å². The zero-order valence-corrected chi connectivity index (χ0v) is 11.0. The number of benzene rings is 1. The number of urea groups is 1. The Balaban J connectivity index is 2.05. The maximum absolute atomic E-state index is 11.8. The van der Waals surface area contributed by atoms with Crippen molar-refractivity contribution in [3.63, 3.8) is 0 Å². The lowest BCUT2D eigenvalue weighted by molar-refractivity contribution is 0.247. The second-order valence-corrected chi connectivity index (χ2v) is 5.61. The Kier molecular flexibility index (Phi) is 3.28. The Labute approximate surface area is 107 Å². The van der Waals surface area contributed by atoms with Gasteiger partial charge in [0.2, 0.25) is 0 Å². The number of carbonyl (C=O) groups is 1. The van der Waals surface area contributed by atoms with E-state index in [0.29, 0.717) is 6.54 Å². The van der Waals surface area contributed by atoms with Gasteiger partial charge in [0, 0.05) is 23.6 Å². The molecule has 2 amide bonds. The summed E-state index contributed by atoms with van der Waals surface area (Å²) in [5.41, 5.74) is 1.92. The standard InChI is InChI=1S/C14H19N3O/c1-14(2,3)9-16-13(18)17-12-6-4-5-11-10(12)7-8-15-11/h4-8,15H,9H2,1-3H3,(H2,16,17,18). The normalized spacial score (nSPS) is 11.5. The van der Waals surface area contributed by atoms with Gasteiger partial charge in [-0.1, -0.05) is 26.8 Å². The average Bonchev–Trinajstić information content (AvgIpc) is 2.74. The fourth-order valence-electron chi connectivity index (χ4n) is 1.71. The Morgan fingerprint density at radius 2 is 2.06 bits per heavy atom. The number of nitrogens with one attached hydrogen (secondary N) is 3. The third-order valence-corrected chi connectivity index (χ3v) is 2.62. The molecule has 96 valence electrons. The second kappa shape index (κ2) is 4.72. The number of carbonyl (C=O) groups excluding carboxylic acids is 1. The highest BCUT2D eigenvalue weighted by atomic mass is 16.2. The number of fused-ring (bicyclic) bond motifs is 1. The lowest BCUT2D eigenvalue weighted by atomic mass is 9.97. The van der Waals surface area contributed by atoms with Gasteiger partial charge in [-0.05, 0) is 23.6 Å². The van der Waals surface area contributed by atoms with E-state index in [1.807, 2.05) is 30.5 Å².